The van der Waals surface area contributed by atoms with E-state index in [9.17, 15) is 22.4 Å². The van der Waals surface area contributed by atoms with Gasteiger partial charge in [0, 0.05) is 17.0 Å². The molecular weight excluding hydrogens is 406 g/mol. The SMILES string of the molecule is N[C@H](C(=O)N1CC[C@H](F)C1)C1CCc2nc(-c3ccc(C(F)(F)F)cc3)sc2C1. The van der Waals surface area contributed by atoms with Crippen molar-refractivity contribution in [3.63, 3.8) is 0 Å². The van der Waals surface area contributed by atoms with Crippen LogP contribution in [0.25, 0.3) is 10.6 Å². The van der Waals surface area contributed by atoms with Gasteiger partial charge in [0.1, 0.15) is 11.2 Å². The monoisotopic (exact) mass is 427 g/mol. The largest absolute Gasteiger partial charge is 0.416 e. The van der Waals surface area contributed by atoms with E-state index in [-0.39, 0.29) is 18.4 Å². The molecule has 0 radical (unpaired) electrons. The topological polar surface area (TPSA) is 59.2 Å². The van der Waals surface area contributed by atoms with Crippen molar-refractivity contribution in [2.24, 2.45) is 11.7 Å². The number of halogens is 4. The Balaban J connectivity index is 1.47. The molecule has 1 amide bonds. The van der Waals surface area contributed by atoms with Gasteiger partial charge in [-0.2, -0.15) is 13.2 Å². The number of aryl methyl sites for hydroxylation is 1. The van der Waals surface area contributed by atoms with E-state index in [1.54, 1.807) is 0 Å². The predicted molar refractivity (Wildman–Crippen MR) is 102 cm³/mol. The summed E-state index contributed by atoms with van der Waals surface area (Å²) in [5.41, 5.74) is 7.08. The van der Waals surface area contributed by atoms with Crippen molar-refractivity contribution in [1.29, 1.82) is 0 Å². The molecule has 2 aliphatic rings. The van der Waals surface area contributed by atoms with Crippen molar-refractivity contribution >= 4 is 17.2 Å². The zero-order chi connectivity index (χ0) is 20.8. The van der Waals surface area contributed by atoms with E-state index in [1.807, 2.05) is 0 Å². The summed E-state index contributed by atoms with van der Waals surface area (Å²) in [6, 6.07) is 4.30. The second kappa shape index (κ2) is 7.68. The highest BCUT2D eigenvalue weighted by molar-refractivity contribution is 7.15. The zero-order valence-electron chi connectivity index (χ0n) is 15.6. The van der Waals surface area contributed by atoms with Gasteiger partial charge in [0.15, 0.2) is 0 Å². The lowest BCUT2D eigenvalue weighted by molar-refractivity contribution is -0.137. The molecule has 29 heavy (non-hydrogen) atoms. The maximum absolute atomic E-state index is 13.4. The fraction of sp³-hybridized carbons (Fsp3) is 0.500. The molecule has 0 spiro atoms. The first kappa shape index (κ1) is 20.3. The third-order valence-corrected chi connectivity index (χ3v) is 6.84. The van der Waals surface area contributed by atoms with Gasteiger partial charge in [-0.1, -0.05) is 12.1 Å². The quantitative estimate of drug-likeness (QED) is 0.758. The average molecular weight is 427 g/mol. The van der Waals surface area contributed by atoms with Crippen LogP contribution in [0.3, 0.4) is 0 Å². The van der Waals surface area contributed by atoms with E-state index < -0.39 is 24.0 Å². The zero-order valence-corrected chi connectivity index (χ0v) is 16.4. The van der Waals surface area contributed by atoms with Crippen LogP contribution in [0.4, 0.5) is 17.6 Å². The van der Waals surface area contributed by atoms with Gasteiger partial charge in [0.05, 0.1) is 23.8 Å². The number of hydrogen-bond donors (Lipinski definition) is 1. The Labute approximate surface area is 169 Å². The molecule has 1 aromatic carbocycles. The van der Waals surface area contributed by atoms with Crippen molar-refractivity contribution in [3.8, 4) is 10.6 Å². The van der Waals surface area contributed by atoms with Crippen LogP contribution >= 0.6 is 11.3 Å². The predicted octanol–water partition coefficient (Wildman–Crippen LogP) is 3.83. The lowest BCUT2D eigenvalue weighted by Crippen LogP contribution is -2.48. The van der Waals surface area contributed by atoms with Crippen LogP contribution in [0.5, 0.6) is 0 Å². The minimum absolute atomic E-state index is 0.0467. The summed E-state index contributed by atoms with van der Waals surface area (Å²) in [6.07, 6.45) is -3.00. The minimum atomic E-state index is -4.37. The highest BCUT2D eigenvalue weighted by atomic mass is 32.1. The van der Waals surface area contributed by atoms with Gasteiger partial charge in [0.2, 0.25) is 5.91 Å². The number of likely N-dealkylation sites (tertiary alicyclic amines) is 1. The Bertz CT molecular complexity index is 896. The molecule has 1 fully saturated rings. The standard InChI is InChI=1S/C20H21F4N3OS/c21-14-7-8-27(10-14)19(28)17(25)12-3-6-15-16(9-12)29-18(26-15)11-1-4-13(5-2-11)20(22,23)24/h1-2,4-5,12,14,17H,3,6-10,25H2/t12?,14-,17-/m0/s1. The van der Waals surface area contributed by atoms with Crippen molar-refractivity contribution in [2.45, 2.75) is 44.1 Å². The average Bonchev–Trinajstić information content (AvgIpc) is 3.31. The van der Waals surface area contributed by atoms with Gasteiger partial charge in [-0.15, -0.1) is 11.3 Å². The molecule has 4 rings (SSSR count). The highest BCUT2D eigenvalue weighted by Crippen LogP contribution is 2.37. The van der Waals surface area contributed by atoms with Crippen molar-refractivity contribution in [3.05, 3.63) is 40.4 Å². The Morgan fingerprint density at radius 1 is 1.24 bits per heavy atom. The first-order valence-electron chi connectivity index (χ1n) is 9.57. The Hall–Kier alpha value is -2.00. The summed E-state index contributed by atoms with van der Waals surface area (Å²) in [7, 11) is 0. The first-order chi connectivity index (χ1) is 13.7. The summed E-state index contributed by atoms with van der Waals surface area (Å²) >= 11 is 1.43. The number of nitrogens with zero attached hydrogens (tertiary/aromatic N) is 2. The number of hydrogen-bond acceptors (Lipinski definition) is 4. The van der Waals surface area contributed by atoms with Crippen molar-refractivity contribution in [1.82, 2.24) is 9.88 Å². The molecule has 2 aromatic rings. The normalized spacial score (nSPS) is 23.1. The van der Waals surface area contributed by atoms with E-state index in [0.717, 1.165) is 22.7 Å². The number of alkyl halides is 4. The number of aromatic nitrogens is 1. The minimum Gasteiger partial charge on any atom is -0.338 e. The number of amides is 1. The third kappa shape index (κ3) is 4.16. The van der Waals surface area contributed by atoms with Crippen LogP contribution in [0.1, 0.15) is 29.0 Å². The number of fused-ring (bicyclic) bond motifs is 1. The summed E-state index contributed by atoms with van der Waals surface area (Å²) in [5.74, 6) is -0.249. The van der Waals surface area contributed by atoms with Crippen LogP contribution in [-0.4, -0.2) is 41.1 Å². The number of rotatable bonds is 3. The van der Waals surface area contributed by atoms with Crippen LogP contribution in [0.15, 0.2) is 24.3 Å². The fourth-order valence-electron chi connectivity index (χ4n) is 3.96. The Kier molecular flexibility index (Phi) is 5.37. The molecule has 1 unspecified atom stereocenters. The van der Waals surface area contributed by atoms with Crippen LogP contribution < -0.4 is 5.73 Å². The molecule has 2 N–H and O–H groups in total. The molecule has 1 aliphatic carbocycles. The maximum Gasteiger partial charge on any atom is 0.416 e. The second-order valence-electron chi connectivity index (χ2n) is 7.66. The lowest BCUT2D eigenvalue weighted by atomic mass is 9.85. The van der Waals surface area contributed by atoms with Gasteiger partial charge < -0.3 is 10.6 Å². The number of carbonyl (C=O) groups is 1. The molecule has 2 heterocycles. The summed E-state index contributed by atoms with van der Waals surface area (Å²) in [6.45, 7) is 0.521. The van der Waals surface area contributed by atoms with Crippen LogP contribution in [0.2, 0.25) is 0 Å². The van der Waals surface area contributed by atoms with Gasteiger partial charge in [-0.25, -0.2) is 9.37 Å². The molecule has 156 valence electrons. The van der Waals surface area contributed by atoms with Gasteiger partial charge >= 0.3 is 6.18 Å². The number of nitrogens with two attached hydrogens (primary N) is 1. The molecule has 0 saturated carbocycles. The molecule has 1 aliphatic heterocycles. The molecule has 4 nitrogen and oxygen atoms in total. The molecule has 0 bridgehead atoms. The van der Waals surface area contributed by atoms with Gasteiger partial charge in [-0.05, 0) is 43.7 Å². The molecule has 1 aromatic heterocycles. The summed E-state index contributed by atoms with van der Waals surface area (Å²) in [4.78, 5) is 19.7. The van der Waals surface area contributed by atoms with Gasteiger partial charge in [0.25, 0.3) is 0 Å². The van der Waals surface area contributed by atoms with Gasteiger partial charge in [-0.3, -0.25) is 4.79 Å². The Morgan fingerprint density at radius 3 is 2.59 bits per heavy atom. The summed E-state index contributed by atoms with van der Waals surface area (Å²) < 4.78 is 51.6. The fourth-order valence-corrected chi connectivity index (χ4v) is 5.17. The molecular formula is C20H21F4N3OS. The van der Waals surface area contributed by atoms with Crippen LogP contribution in [0, 0.1) is 5.92 Å². The maximum atomic E-state index is 13.4. The van der Waals surface area contributed by atoms with Crippen molar-refractivity contribution in [2.75, 3.05) is 13.1 Å². The number of carbonyl (C=O) groups excluding carboxylic acids is 1. The van der Waals surface area contributed by atoms with Crippen LogP contribution in [-0.2, 0) is 23.8 Å². The van der Waals surface area contributed by atoms with E-state index in [0.29, 0.717) is 42.8 Å². The number of thiazole rings is 1. The molecule has 1 saturated heterocycles. The number of benzene rings is 1. The van der Waals surface area contributed by atoms with E-state index in [2.05, 4.69) is 4.98 Å². The third-order valence-electron chi connectivity index (χ3n) is 5.67. The van der Waals surface area contributed by atoms with Crippen molar-refractivity contribution < 1.29 is 22.4 Å². The Morgan fingerprint density at radius 2 is 1.97 bits per heavy atom. The highest BCUT2D eigenvalue weighted by Gasteiger charge is 2.35. The summed E-state index contributed by atoms with van der Waals surface area (Å²) in [5, 5.41) is 0.670. The van der Waals surface area contributed by atoms with E-state index in [1.165, 1.54) is 28.4 Å². The van der Waals surface area contributed by atoms with E-state index in [4.69, 9.17) is 5.73 Å². The second-order valence-corrected chi connectivity index (χ2v) is 8.75. The molecule has 3 atom stereocenters. The smallest absolute Gasteiger partial charge is 0.338 e. The lowest BCUT2D eigenvalue weighted by Gasteiger charge is -2.29. The molecule has 9 heteroatoms. The van der Waals surface area contributed by atoms with E-state index >= 15 is 0 Å². The first-order valence-corrected chi connectivity index (χ1v) is 10.4.